The maximum atomic E-state index is 13.0. The smallest absolute Gasteiger partial charge is 0.253 e. The third kappa shape index (κ3) is 4.58. The molecule has 6 heteroatoms. The minimum absolute atomic E-state index is 0.0535. The number of amides is 2. The molecule has 152 valence electrons. The molecule has 1 fully saturated rings. The highest BCUT2D eigenvalue weighted by molar-refractivity contribution is 5.94. The number of ether oxygens (including phenoxy) is 1. The number of fused-ring (bicyclic) bond motifs is 1. The molecule has 1 saturated heterocycles. The highest BCUT2D eigenvalue weighted by Gasteiger charge is 2.28. The van der Waals surface area contributed by atoms with E-state index in [4.69, 9.17) is 4.74 Å². The van der Waals surface area contributed by atoms with Crippen molar-refractivity contribution in [3.8, 4) is 5.75 Å². The van der Waals surface area contributed by atoms with Crippen LogP contribution in [-0.2, 0) is 11.2 Å². The lowest BCUT2D eigenvalue weighted by Crippen LogP contribution is -2.44. The number of carbonyl (C=O) groups is 2. The van der Waals surface area contributed by atoms with E-state index in [1.54, 1.807) is 4.90 Å². The second-order valence-corrected chi connectivity index (χ2v) is 7.81. The monoisotopic (exact) mass is 396 g/mol. The van der Waals surface area contributed by atoms with Gasteiger partial charge in [0.15, 0.2) is 0 Å². The first kappa shape index (κ1) is 19.4. The number of para-hydroxylation sites is 1. The van der Waals surface area contributed by atoms with Gasteiger partial charge in [-0.25, -0.2) is 4.39 Å². The van der Waals surface area contributed by atoms with Crippen LogP contribution in [0.4, 0.5) is 4.39 Å². The molecule has 5 nitrogen and oxygen atoms in total. The Labute approximate surface area is 169 Å². The zero-order chi connectivity index (χ0) is 20.2. The van der Waals surface area contributed by atoms with Gasteiger partial charge in [-0.3, -0.25) is 9.59 Å². The minimum atomic E-state index is -0.358. The van der Waals surface area contributed by atoms with E-state index >= 15 is 0 Å². The lowest BCUT2D eigenvalue weighted by molar-refractivity contribution is -0.126. The molecule has 0 saturated carbocycles. The Bertz CT molecular complexity index is 876. The molecule has 0 radical (unpaired) electrons. The second kappa shape index (κ2) is 8.64. The zero-order valence-electron chi connectivity index (χ0n) is 16.3. The van der Waals surface area contributed by atoms with Gasteiger partial charge in [-0.1, -0.05) is 18.2 Å². The molecule has 1 N–H and O–H groups in total. The van der Waals surface area contributed by atoms with Crippen LogP contribution in [0, 0.1) is 17.7 Å². The molecular formula is C23H25FN2O3. The van der Waals surface area contributed by atoms with Crippen molar-refractivity contribution in [2.24, 2.45) is 11.8 Å². The quantitative estimate of drug-likeness (QED) is 0.864. The third-order valence-corrected chi connectivity index (χ3v) is 5.76. The molecule has 29 heavy (non-hydrogen) atoms. The summed E-state index contributed by atoms with van der Waals surface area (Å²) in [5.41, 5.74) is 1.66. The van der Waals surface area contributed by atoms with Gasteiger partial charge in [0.2, 0.25) is 5.91 Å². The summed E-state index contributed by atoms with van der Waals surface area (Å²) in [6.07, 6.45) is 2.19. The van der Waals surface area contributed by atoms with Crippen molar-refractivity contribution in [2.75, 3.05) is 26.2 Å². The molecule has 2 aliphatic rings. The Balaban J connectivity index is 1.23. The fourth-order valence-electron chi connectivity index (χ4n) is 4.03. The summed E-state index contributed by atoms with van der Waals surface area (Å²) in [6, 6.07) is 13.6. The van der Waals surface area contributed by atoms with Crippen molar-refractivity contribution in [1.82, 2.24) is 10.2 Å². The van der Waals surface area contributed by atoms with Crippen molar-refractivity contribution in [3.63, 3.8) is 0 Å². The van der Waals surface area contributed by atoms with Crippen LogP contribution in [0.15, 0.2) is 48.5 Å². The normalized spacial score (nSPS) is 19.2. The van der Waals surface area contributed by atoms with Gasteiger partial charge in [0.05, 0.1) is 6.61 Å². The first-order valence-corrected chi connectivity index (χ1v) is 10.1. The van der Waals surface area contributed by atoms with E-state index in [-0.39, 0.29) is 29.5 Å². The highest BCUT2D eigenvalue weighted by Crippen LogP contribution is 2.26. The van der Waals surface area contributed by atoms with E-state index < -0.39 is 0 Å². The zero-order valence-corrected chi connectivity index (χ0v) is 16.3. The predicted molar refractivity (Wildman–Crippen MR) is 107 cm³/mol. The van der Waals surface area contributed by atoms with Crippen molar-refractivity contribution >= 4 is 11.8 Å². The number of nitrogens with one attached hydrogen (secondary N) is 1. The Kier molecular flexibility index (Phi) is 5.79. The van der Waals surface area contributed by atoms with Crippen molar-refractivity contribution in [2.45, 2.75) is 19.3 Å². The van der Waals surface area contributed by atoms with E-state index in [0.717, 1.165) is 12.2 Å². The average molecular weight is 396 g/mol. The van der Waals surface area contributed by atoms with Crippen molar-refractivity contribution < 1.29 is 18.7 Å². The topological polar surface area (TPSA) is 58.6 Å². The van der Waals surface area contributed by atoms with Crippen molar-refractivity contribution in [1.29, 1.82) is 0 Å². The van der Waals surface area contributed by atoms with E-state index in [1.807, 2.05) is 18.2 Å². The second-order valence-electron chi connectivity index (χ2n) is 7.81. The van der Waals surface area contributed by atoms with Gasteiger partial charge in [0.25, 0.3) is 5.91 Å². The fraction of sp³-hybridized carbons (Fsp3) is 0.391. The van der Waals surface area contributed by atoms with Crippen molar-refractivity contribution in [3.05, 3.63) is 65.5 Å². The Hall–Kier alpha value is -2.89. The van der Waals surface area contributed by atoms with Crippen LogP contribution in [0.5, 0.6) is 5.75 Å². The van der Waals surface area contributed by atoms with Gasteiger partial charge in [-0.2, -0.15) is 0 Å². The van der Waals surface area contributed by atoms with Crippen LogP contribution in [0.1, 0.15) is 28.8 Å². The van der Waals surface area contributed by atoms with E-state index in [1.165, 1.54) is 29.8 Å². The van der Waals surface area contributed by atoms with Gasteiger partial charge in [0, 0.05) is 37.0 Å². The molecular weight excluding hydrogens is 371 g/mol. The van der Waals surface area contributed by atoms with Crippen LogP contribution >= 0.6 is 0 Å². The molecule has 0 aromatic heterocycles. The molecule has 2 heterocycles. The summed E-state index contributed by atoms with van der Waals surface area (Å²) >= 11 is 0. The predicted octanol–water partition coefficient (Wildman–Crippen LogP) is 3.05. The summed E-state index contributed by atoms with van der Waals surface area (Å²) in [7, 11) is 0. The molecule has 0 spiro atoms. The van der Waals surface area contributed by atoms with Crippen LogP contribution in [0.3, 0.4) is 0 Å². The Morgan fingerprint density at radius 1 is 1.07 bits per heavy atom. The number of likely N-dealkylation sites (tertiary alicyclic amines) is 1. The number of nitrogens with zero attached hydrogens (tertiary/aromatic N) is 1. The maximum Gasteiger partial charge on any atom is 0.253 e. The van der Waals surface area contributed by atoms with Gasteiger partial charge < -0.3 is 15.0 Å². The number of carbonyl (C=O) groups excluding carboxylic acids is 2. The largest absolute Gasteiger partial charge is 0.493 e. The summed E-state index contributed by atoms with van der Waals surface area (Å²) in [6.45, 7) is 2.28. The third-order valence-electron chi connectivity index (χ3n) is 5.76. The first-order chi connectivity index (χ1) is 14.1. The van der Waals surface area contributed by atoms with Gasteiger partial charge >= 0.3 is 0 Å². The molecule has 0 unspecified atom stereocenters. The van der Waals surface area contributed by atoms with Crippen LogP contribution in [-0.4, -0.2) is 43.0 Å². The summed E-state index contributed by atoms with van der Waals surface area (Å²) < 4.78 is 18.8. The SMILES string of the molecule is O=C(NC[C@@H]1COc2ccccc2C1)C1CCN(C(=O)c2ccc(F)cc2)CC1. The molecule has 2 aliphatic heterocycles. The number of piperidine rings is 1. The van der Waals surface area contributed by atoms with Crippen LogP contribution in [0.25, 0.3) is 0 Å². The summed E-state index contributed by atoms with van der Waals surface area (Å²) in [5, 5.41) is 3.07. The Morgan fingerprint density at radius 2 is 1.79 bits per heavy atom. The molecule has 4 rings (SSSR count). The molecule has 0 bridgehead atoms. The number of halogens is 1. The lowest BCUT2D eigenvalue weighted by atomic mass is 9.94. The number of hydrogen-bond acceptors (Lipinski definition) is 3. The molecule has 2 amide bonds. The van der Waals surface area contributed by atoms with Gasteiger partial charge in [-0.05, 0) is 55.2 Å². The lowest BCUT2D eigenvalue weighted by Gasteiger charge is -2.32. The first-order valence-electron chi connectivity index (χ1n) is 10.1. The van der Waals surface area contributed by atoms with Gasteiger partial charge in [0.1, 0.15) is 11.6 Å². The standard InChI is InChI=1S/C23H25FN2O3/c24-20-7-5-18(6-8-20)23(28)26-11-9-17(10-12-26)22(27)25-14-16-13-19-3-1-2-4-21(19)29-15-16/h1-8,16-17H,9-15H2,(H,25,27)/t16-/m1/s1. The maximum absolute atomic E-state index is 13.0. The van der Waals surface area contributed by atoms with E-state index in [2.05, 4.69) is 11.4 Å². The highest BCUT2D eigenvalue weighted by atomic mass is 19.1. The Morgan fingerprint density at radius 3 is 2.55 bits per heavy atom. The van der Waals surface area contributed by atoms with Crippen LogP contribution in [0.2, 0.25) is 0 Å². The fourth-order valence-corrected chi connectivity index (χ4v) is 4.03. The average Bonchev–Trinajstić information content (AvgIpc) is 2.77. The summed E-state index contributed by atoms with van der Waals surface area (Å²) in [4.78, 5) is 26.8. The number of rotatable bonds is 4. The molecule has 1 atom stereocenters. The summed E-state index contributed by atoms with van der Waals surface area (Å²) in [5.74, 6) is 0.717. The number of benzene rings is 2. The molecule has 0 aliphatic carbocycles. The minimum Gasteiger partial charge on any atom is -0.493 e. The molecule has 2 aromatic rings. The van der Waals surface area contributed by atoms with E-state index in [0.29, 0.717) is 44.6 Å². The van der Waals surface area contributed by atoms with Gasteiger partial charge in [-0.15, -0.1) is 0 Å². The molecule has 2 aromatic carbocycles. The number of hydrogen-bond donors (Lipinski definition) is 1. The van der Waals surface area contributed by atoms with Crippen LogP contribution < -0.4 is 10.1 Å². The van der Waals surface area contributed by atoms with E-state index in [9.17, 15) is 14.0 Å².